The number of alkyl halides is 3. The Labute approximate surface area is 209 Å². The summed E-state index contributed by atoms with van der Waals surface area (Å²) in [6.07, 6.45) is -4.13. The molecule has 0 saturated heterocycles. The SMILES string of the molecule is CS(=O)(=O)c1ccc(-c2nc(C(F)(F)F)nc(-c3cccc(S(=O)(=O)[O-])c3F)c2-c2ccccc2)cc1. The average molecular weight is 552 g/mol. The zero-order chi connectivity index (χ0) is 27.2. The van der Waals surface area contributed by atoms with Gasteiger partial charge in [0.1, 0.15) is 15.9 Å². The maximum atomic E-state index is 15.3. The molecule has 3 aromatic carbocycles. The average Bonchev–Trinajstić information content (AvgIpc) is 2.82. The van der Waals surface area contributed by atoms with E-state index in [2.05, 4.69) is 9.97 Å². The van der Waals surface area contributed by atoms with E-state index in [1.807, 2.05) is 0 Å². The lowest BCUT2D eigenvalue weighted by molar-refractivity contribution is -0.144. The summed E-state index contributed by atoms with van der Waals surface area (Å²) in [4.78, 5) is 5.88. The lowest BCUT2D eigenvalue weighted by Crippen LogP contribution is -2.14. The van der Waals surface area contributed by atoms with Gasteiger partial charge in [0.05, 0.1) is 21.2 Å². The van der Waals surface area contributed by atoms with Crippen LogP contribution in [0, 0.1) is 5.82 Å². The van der Waals surface area contributed by atoms with E-state index in [9.17, 15) is 34.6 Å². The van der Waals surface area contributed by atoms with Crippen LogP contribution in [-0.2, 0) is 26.1 Å². The van der Waals surface area contributed by atoms with Crippen molar-refractivity contribution in [3.63, 3.8) is 0 Å². The largest absolute Gasteiger partial charge is 0.744 e. The molecule has 4 aromatic rings. The molecule has 0 fully saturated rings. The third-order valence-corrected chi connectivity index (χ3v) is 7.25. The van der Waals surface area contributed by atoms with Crippen molar-refractivity contribution < 1.29 is 39.0 Å². The van der Waals surface area contributed by atoms with Crippen LogP contribution in [0.25, 0.3) is 33.6 Å². The summed E-state index contributed by atoms with van der Waals surface area (Å²) >= 11 is 0. The molecule has 1 aromatic heterocycles. The molecule has 0 unspecified atom stereocenters. The summed E-state index contributed by atoms with van der Waals surface area (Å²) in [7, 11) is -8.93. The molecule has 0 N–H and O–H groups in total. The van der Waals surface area contributed by atoms with Gasteiger partial charge in [0, 0.05) is 22.9 Å². The van der Waals surface area contributed by atoms with Crippen molar-refractivity contribution in [1.29, 1.82) is 0 Å². The maximum absolute atomic E-state index is 15.3. The Morgan fingerprint density at radius 1 is 0.757 bits per heavy atom. The maximum Gasteiger partial charge on any atom is 0.451 e. The Morgan fingerprint density at radius 3 is 1.89 bits per heavy atom. The van der Waals surface area contributed by atoms with Gasteiger partial charge < -0.3 is 4.55 Å². The minimum atomic E-state index is -5.31. The molecule has 4 rings (SSSR count). The van der Waals surface area contributed by atoms with Crippen molar-refractivity contribution in [2.75, 3.05) is 6.26 Å². The van der Waals surface area contributed by atoms with Gasteiger partial charge in [-0.3, -0.25) is 0 Å². The van der Waals surface area contributed by atoms with E-state index in [0.29, 0.717) is 6.07 Å². The van der Waals surface area contributed by atoms with E-state index in [1.54, 1.807) is 18.2 Å². The molecule has 0 aliphatic heterocycles. The molecule has 0 bridgehead atoms. The molecule has 0 saturated carbocycles. The van der Waals surface area contributed by atoms with E-state index in [0.717, 1.165) is 18.4 Å². The Bertz CT molecular complexity index is 1710. The highest BCUT2D eigenvalue weighted by Crippen LogP contribution is 2.42. The van der Waals surface area contributed by atoms with Crippen LogP contribution in [0.5, 0.6) is 0 Å². The standard InChI is InChI=1S/C24H16F4N2O5S2/c1-36(31,32)16-12-10-15(11-13-16)21-19(14-6-3-2-4-7-14)22(30-23(29-21)24(26,27)28)17-8-5-9-18(20(17)25)37(33,34)35/h2-13H,1H3,(H,33,34,35)/p-1. The van der Waals surface area contributed by atoms with E-state index in [4.69, 9.17) is 0 Å². The summed E-state index contributed by atoms with van der Waals surface area (Å²) in [5, 5.41) is 0. The molecule has 7 nitrogen and oxygen atoms in total. The Kier molecular flexibility index (Phi) is 6.65. The monoisotopic (exact) mass is 551 g/mol. The van der Waals surface area contributed by atoms with Crippen molar-refractivity contribution in [2.24, 2.45) is 0 Å². The fourth-order valence-corrected chi connectivity index (χ4v) is 4.82. The topological polar surface area (TPSA) is 117 Å². The number of rotatable bonds is 5. The quantitative estimate of drug-likeness (QED) is 0.255. The number of hydrogen-bond acceptors (Lipinski definition) is 7. The summed E-state index contributed by atoms with van der Waals surface area (Å²) in [5.41, 5.74) is -1.40. The molecule has 1 heterocycles. The minimum Gasteiger partial charge on any atom is -0.744 e. The molecule has 13 heteroatoms. The Morgan fingerprint density at radius 2 is 1.35 bits per heavy atom. The van der Waals surface area contributed by atoms with Gasteiger partial charge in [-0.2, -0.15) is 13.2 Å². The Hall–Kier alpha value is -3.68. The highest BCUT2D eigenvalue weighted by molar-refractivity contribution is 7.90. The van der Waals surface area contributed by atoms with Gasteiger partial charge in [-0.15, -0.1) is 0 Å². The molecule has 37 heavy (non-hydrogen) atoms. The molecular weight excluding hydrogens is 536 g/mol. The van der Waals surface area contributed by atoms with Crippen molar-refractivity contribution in [2.45, 2.75) is 16.0 Å². The highest BCUT2D eigenvalue weighted by atomic mass is 32.2. The first-order chi connectivity index (χ1) is 17.2. The lowest BCUT2D eigenvalue weighted by atomic mass is 9.94. The first-order valence-corrected chi connectivity index (χ1v) is 13.6. The minimum absolute atomic E-state index is 0.0495. The van der Waals surface area contributed by atoms with Crippen LogP contribution >= 0.6 is 0 Å². The molecule has 0 spiro atoms. The summed E-state index contributed by atoms with van der Waals surface area (Å²) in [6.45, 7) is 0. The number of benzene rings is 3. The number of aromatic nitrogens is 2. The summed E-state index contributed by atoms with van der Waals surface area (Å²) in [6, 6.07) is 15.3. The van der Waals surface area contributed by atoms with Crippen LogP contribution in [0.3, 0.4) is 0 Å². The zero-order valence-corrected chi connectivity index (χ0v) is 20.3. The first kappa shape index (κ1) is 26.4. The predicted octanol–water partition coefficient (Wildman–Crippen LogP) is 4.94. The molecule has 0 atom stereocenters. The van der Waals surface area contributed by atoms with Crippen molar-refractivity contribution in [3.05, 3.63) is 84.4 Å². The first-order valence-electron chi connectivity index (χ1n) is 10.3. The van der Waals surface area contributed by atoms with E-state index in [-0.39, 0.29) is 27.3 Å². The highest BCUT2D eigenvalue weighted by Gasteiger charge is 2.37. The molecule has 0 radical (unpaired) electrons. The molecule has 0 aliphatic rings. The second kappa shape index (κ2) is 9.32. The van der Waals surface area contributed by atoms with Crippen LogP contribution in [0.1, 0.15) is 5.82 Å². The normalized spacial score (nSPS) is 12.5. The predicted molar refractivity (Wildman–Crippen MR) is 124 cm³/mol. The van der Waals surface area contributed by atoms with Gasteiger partial charge in [0.25, 0.3) is 0 Å². The Balaban J connectivity index is 2.15. The number of nitrogens with zero attached hydrogens (tertiary/aromatic N) is 2. The molecule has 0 aliphatic carbocycles. The van der Waals surface area contributed by atoms with Gasteiger partial charge in [0.2, 0.25) is 5.82 Å². The second-order valence-electron chi connectivity index (χ2n) is 7.85. The van der Waals surface area contributed by atoms with Gasteiger partial charge >= 0.3 is 6.18 Å². The molecular formula is C24H15F4N2O5S2-. The van der Waals surface area contributed by atoms with E-state index >= 15 is 4.39 Å². The summed E-state index contributed by atoms with van der Waals surface area (Å²) < 4.78 is 115. The second-order valence-corrected chi connectivity index (χ2v) is 11.2. The third-order valence-electron chi connectivity index (χ3n) is 5.27. The molecule has 192 valence electrons. The number of sulfone groups is 1. The van der Waals surface area contributed by atoms with Crippen molar-refractivity contribution >= 4 is 20.0 Å². The number of hydrogen-bond donors (Lipinski definition) is 0. The summed E-state index contributed by atoms with van der Waals surface area (Å²) in [5.74, 6) is -3.22. The van der Waals surface area contributed by atoms with Gasteiger partial charge in [-0.25, -0.2) is 31.2 Å². The van der Waals surface area contributed by atoms with E-state index in [1.165, 1.54) is 36.4 Å². The fraction of sp³-hybridized carbons (Fsp3) is 0.0833. The number of halogens is 4. The van der Waals surface area contributed by atoms with Crippen LogP contribution < -0.4 is 0 Å². The van der Waals surface area contributed by atoms with Crippen LogP contribution in [0.4, 0.5) is 17.6 Å². The lowest BCUT2D eigenvalue weighted by Gasteiger charge is -2.19. The van der Waals surface area contributed by atoms with Gasteiger partial charge in [-0.05, 0) is 29.8 Å². The van der Waals surface area contributed by atoms with E-state index < -0.39 is 53.9 Å². The smallest absolute Gasteiger partial charge is 0.451 e. The van der Waals surface area contributed by atoms with Gasteiger partial charge in [-0.1, -0.05) is 48.5 Å². The van der Waals surface area contributed by atoms with Crippen molar-refractivity contribution in [1.82, 2.24) is 9.97 Å². The van der Waals surface area contributed by atoms with Crippen LogP contribution in [-0.4, -0.2) is 37.6 Å². The van der Waals surface area contributed by atoms with Crippen LogP contribution in [0.15, 0.2) is 82.6 Å². The van der Waals surface area contributed by atoms with Crippen molar-refractivity contribution in [3.8, 4) is 33.6 Å². The fourth-order valence-electron chi connectivity index (χ4n) is 3.62. The zero-order valence-electron chi connectivity index (χ0n) is 18.7. The van der Waals surface area contributed by atoms with Gasteiger partial charge in [0.15, 0.2) is 9.84 Å². The molecule has 0 amide bonds. The third kappa shape index (κ3) is 5.38. The van der Waals surface area contributed by atoms with Crippen LogP contribution in [0.2, 0.25) is 0 Å².